The second-order valence-corrected chi connectivity index (χ2v) is 5.54. The van der Waals surface area contributed by atoms with Crippen LogP contribution in [0.4, 0.5) is 5.82 Å². The highest BCUT2D eigenvalue weighted by Gasteiger charge is 2.06. The Balaban J connectivity index is 1.57. The number of rotatable bonds is 6. The fourth-order valence-electron chi connectivity index (χ4n) is 2.41. The second kappa shape index (κ2) is 7.95. The van der Waals surface area contributed by atoms with Gasteiger partial charge in [-0.05, 0) is 16.8 Å². The van der Waals surface area contributed by atoms with Crippen LogP contribution in [0.25, 0.3) is 10.8 Å². The first kappa shape index (κ1) is 17.9. The molecule has 0 aliphatic carbocycles. The number of hydrazone groups is 1. The molecule has 0 unspecified atom stereocenters. The third-order valence-corrected chi connectivity index (χ3v) is 3.69. The van der Waals surface area contributed by atoms with E-state index >= 15 is 0 Å². The molecule has 1 heterocycles. The van der Waals surface area contributed by atoms with Crippen LogP contribution >= 0.6 is 0 Å². The number of amides is 1. The van der Waals surface area contributed by atoms with Crippen molar-refractivity contribution < 1.29 is 9.90 Å². The number of phenolic OH excluding ortho intramolecular Hbond substituents is 1. The summed E-state index contributed by atoms with van der Waals surface area (Å²) in [5.41, 5.74) is 1.45. The average Bonchev–Trinajstić information content (AvgIpc) is 2.65. The van der Waals surface area contributed by atoms with Gasteiger partial charge in [-0.3, -0.25) is 14.6 Å². The number of hydrogen-bond donors (Lipinski definition) is 5. The third kappa shape index (κ3) is 4.37. The Labute approximate surface area is 152 Å². The lowest BCUT2D eigenvalue weighted by Crippen LogP contribution is -2.28. The SMILES string of the molecule is O=C(CCNc1n[nH]c(=O)[nH]c1=O)N/N=C/c1c(O)ccc2ccccc12. The minimum Gasteiger partial charge on any atom is -0.507 e. The van der Waals surface area contributed by atoms with Crippen molar-refractivity contribution in [2.75, 3.05) is 11.9 Å². The molecule has 138 valence electrons. The van der Waals surface area contributed by atoms with Crippen molar-refractivity contribution in [1.29, 1.82) is 0 Å². The van der Waals surface area contributed by atoms with E-state index in [0.29, 0.717) is 5.56 Å². The molecular formula is C17H16N6O4. The number of aromatic hydroxyl groups is 1. The summed E-state index contributed by atoms with van der Waals surface area (Å²) in [5, 5.41) is 23.9. The van der Waals surface area contributed by atoms with E-state index < -0.39 is 17.2 Å². The van der Waals surface area contributed by atoms with Gasteiger partial charge in [0, 0.05) is 18.5 Å². The summed E-state index contributed by atoms with van der Waals surface area (Å²) in [4.78, 5) is 36.1. The zero-order chi connectivity index (χ0) is 19.2. The molecule has 0 atom stereocenters. The summed E-state index contributed by atoms with van der Waals surface area (Å²) in [5.74, 6) is -0.442. The molecule has 10 nitrogen and oxygen atoms in total. The first-order chi connectivity index (χ1) is 13.0. The molecule has 2 aromatic carbocycles. The Morgan fingerprint density at radius 1 is 1.22 bits per heavy atom. The van der Waals surface area contributed by atoms with Crippen LogP contribution in [-0.2, 0) is 4.79 Å². The number of aromatic amines is 2. The Morgan fingerprint density at radius 2 is 2.04 bits per heavy atom. The average molecular weight is 368 g/mol. The molecule has 3 rings (SSSR count). The number of anilines is 1. The van der Waals surface area contributed by atoms with E-state index in [1.807, 2.05) is 29.2 Å². The van der Waals surface area contributed by atoms with E-state index in [1.165, 1.54) is 6.21 Å². The van der Waals surface area contributed by atoms with Gasteiger partial charge in [0.15, 0.2) is 0 Å². The van der Waals surface area contributed by atoms with E-state index in [2.05, 4.69) is 26.0 Å². The fraction of sp³-hybridized carbons (Fsp3) is 0.118. The number of aromatic nitrogens is 3. The number of hydrogen-bond acceptors (Lipinski definition) is 7. The van der Waals surface area contributed by atoms with Crippen molar-refractivity contribution >= 4 is 28.7 Å². The Kier molecular flexibility index (Phi) is 5.26. The number of carbonyl (C=O) groups is 1. The van der Waals surface area contributed by atoms with E-state index in [1.54, 1.807) is 12.1 Å². The maximum Gasteiger partial charge on any atom is 0.342 e. The highest BCUT2D eigenvalue weighted by molar-refractivity contribution is 6.02. The normalized spacial score (nSPS) is 11.0. The monoisotopic (exact) mass is 368 g/mol. The maximum atomic E-state index is 11.8. The van der Waals surface area contributed by atoms with Crippen molar-refractivity contribution in [3.63, 3.8) is 0 Å². The molecule has 0 radical (unpaired) electrons. The first-order valence-electron chi connectivity index (χ1n) is 8.00. The molecule has 0 saturated carbocycles. The molecule has 0 aliphatic heterocycles. The third-order valence-electron chi connectivity index (χ3n) is 3.69. The van der Waals surface area contributed by atoms with Gasteiger partial charge in [0.1, 0.15) is 5.75 Å². The summed E-state index contributed by atoms with van der Waals surface area (Å²) in [6.45, 7) is 0.114. The van der Waals surface area contributed by atoms with Crippen LogP contribution in [0.15, 0.2) is 51.1 Å². The smallest absolute Gasteiger partial charge is 0.342 e. The van der Waals surface area contributed by atoms with Gasteiger partial charge in [0.2, 0.25) is 11.7 Å². The second-order valence-electron chi connectivity index (χ2n) is 5.54. The van der Waals surface area contributed by atoms with Crippen LogP contribution in [0.1, 0.15) is 12.0 Å². The molecule has 0 bridgehead atoms. The summed E-state index contributed by atoms with van der Waals surface area (Å²) < 4.78 is 0. The Hall–Kier alpha value is -3.95. The minimum atomic E-state index is -0.714. The first-order valence-corrected chi connectivity index (χ1v) is 8.00. The summed E-state index contributed by atoms with van der Waals surface area (Å²) in [6.07, 6.45) is 1.39. The van der Waals surface area contributed by atoms with Crippen LogP contribution in [-0.4, -0.2) is 39.0 Å². The molecule has 27 heavy (non-hydrogen) atoms. The van der Waals surface area contributed by atoms with Gasteiger partial charge in [-0.1, -0.05) is 30.3 Å². The highest BCUT2D eigenvalue weighted by Crippen LogP contribution is 2.25. The predicted molar refractivity (Wildman–Crippen MR) is 99.9 cm³/mol. The summed E-state index contributed by atoms with van der Waals surface area (Å²) in [6, 6.07) is 10.8. The van der Waals surface area contributed by atoms with E-state index in [-0.39, 0.29) is 24.5 Å². The van der Waals surface area contributed by atoms with Crippen LogP contribution in [0.5, 0.6) is 5.75 Å². The van der Waals surface area contributed by atoms with Gasteiger partial charge in [-0.25, -0.2) is 15.3 Å². The molecule has 1 aromatic heterocycles. The van der Waals surface area contributed by atoms with Crippen LogP contribution < -0.4 is 22.0 Å². The number of nitrogens with zero attached hydrogens (tertiary/aromatic N) is 2. The van der Waals surface area contributed by atoms with E-state index in [9.17, 15) is 19.5 Å². The standard InChI is InChI=1S/C17H16N6O4/c24-13-6-5-10-3-1-2-4-11(10)12(13)9-19-21-14(25)7-8-18-15-16(26)20-17(27)23-22-15/h1-6,9,24H,7-8H2,(H,18,22)(H,21,25)(H2,20,23,26,27)/b19-9+. The number of H-pyrrole nitrogens is 2. The largest absolute Gasteiger partial charge is 0.507 e. The molecule has 0 saturated heterocycles. The van der Waals surface area contributed by atoms with Gasteiger partial charge in [-0.15, -0.1) is 5.10 Å². The van der Waals surface area contributed by atoms with Crippen molar-refractivity contribution in [2.24, 2.45) is 5.10 Å². The zero-order valence-corrected chi connectivity index (χ0v) is 14.0. The Morgan fingerprint density at radius 3 is 2.85 bits per heavy atom. The lowest BCUT2D eigenvalue weighted by Gasteiger charge is -2.05. The van der Waals surface area contributed by atoms with Crippen molar-refractivity contribution in [2.45, 2.75) is 6.42 Å². The molecular weight excluding hydrogens is 352 g/mol. The summed E-state index contributed by atoms with van der Waals surface area (Å²) >= 11 is 0. The van der Waals surface area contributed by atoms with E-state index in [0.717, 1.165) is 10.8 Å². The van der Waals surface area contributed by atoms with Crippen LogP contribution in [0.2, 0.25) is 0 Å². The van der Waals surface area contributed by atoms with Crippen molar-refractivity contribution in [3.05, 3.63) is 62.8 Å². The summed E-state index contributed by atoms with van der Waals surface area (Å²) in [7, 11) is 0. The van der Waals surface area contributed by atoms with Gasteiger partial charge >= 0.3 is 5.69 Å². The molecule has 0 spiro atoms. The highest BCUT2D eigenvalue weighted by atomic mass is 16.3. The lowest BCUT2D eigenvalue weighted by atomic mass is 10.0. The van der Waals surface area contributed by atoms with Gasteiger partial charge in [0.05, 0.1) is 6.21 Å². The van der Waals surface area contributed by atoms with E-state index in [4.69, 9.17) is 0 Å². The molecule has 0 aliphatic rings. The molecule has 5 N–H and O–H groups in total. The van der Waals surface area contributed by atoms with Crippen LogP contribution in [0, 0.1) is 0 Å². The minimum absolute atomic E-state index is 0.0130. The zero-order valence-electron chi connectivity index (χ0n) is 14.0. The maximum absolute atomic E-state index is 11.8. The lowest BCUT2D eigenvalue weighted by molar-refractivity contribution is -0.120. The van der Waals surface area contributed by atoms with Gasteiger partial charge < -0.3 is 10.4 Å². The quantitative estimate of drug-likeness (QED) is 0.311. The van der Waals surface area contributed by atoms with Crippen LogP contribution in [0.3, 0.4) is 0 Å². The number of fused-ring (bicyclic) bond motifs is 1. The molecule has 0 fully saturated rings. The molecule has 3 aromatic rings. The van der Waals surface area contributed by atoms with Gasteiger partial charge in [0.25, 0.3) is 5.56 Å². The van der Waals surface area contributed by atoms with Crippen molar-refractivity contribution in [3.8, 4) is 5.75 Å². The number of nitrogens with one attached hydrogen (secondary N) is 4. The number of phenols is 1. The topological polar surface area (TPSA) is 152 Å². The predicted octanol–water partition coefficient (Wildman–Crippen LogP) is 0.269. The Bertz CT molecular complexity index is 1120. The van der Waals surface area contributed by atoms with Crippen molar-refractivity contribution in [1.82, 2.24) is 20.6 Å². The molecule has 1 amide bonds. The van der Waals surface area contributed by atoms with Gasteiger partial charge in [-0.2, -0.15) is 5.10 Å². The molecule has 10 heteroatoms. The number of carbonyl (C=O) groups excluding carboxylic acids is 1. The number of benzene rings is 2. The fourth-order valence-corrected chi connectivity index (χ4v) is 2.41.